The van der Waals surface area contributed by atoms with Gasteiger partial charge in [-0.05, 0) is 50.3 Å². The first-order valence-corrected chi connectivity index (χ1v) is 9.79. The first kappa shape index (κ1) is 17.0. The minimum atomic E-state index is -0.127. The zero-order chi connectivity index (χ0) is 18.3. The number of likely N-dealkylation sites (tertiary alicyclic amines) is 1. The lowest BCUT2D eigenvalue weighted by Gasteiger charge is -2.31. The lowest BCUT2D eigenvalue weighted by molar-refractivity contribution is 0.0613. The number of furan rings is 1. The summed E-state index contributed by atoms with van der Waals surface area (Å²) in [6.45, 7) is 5.09. The molecule has 4 rings (SSSR count). The Labute approximate surface area is 156 Å². The van der Waals surface area contributed by atoms with Crippen molar-refractivity contribution in [3.8, 4) is 0 Å². The number of carbonyl (C=O) groups is 2. The number of ketones is 1. The van der Waals surface area contributed by atoms with Gasteiger partial charge in [0.15, 0.2) is 11.5 Å². The first-order valence-electron chi connectivity index (χ1n) is 8.91. The summed E-state index contributed by atoms with van der Waals surface area (Å²) in [6, 6.07) is 9.69. The predicted octanol–water partition coefficient (Wildman–Crippen LogP) is 4.85. The number of hydrogen-bond acceptors (Lipinski definition) is 4. The van der Waals surface area contributed by atoms with Crippen LogP contribution in [0.5, 0.6) is 0 Å². The van der Waals surface area contributed by atoms with E-state index in [0.29, 0.717) is 18.8 Å². The van der Waals surface area contributed by atoms with Crippen LogP contribution in [0.3, 0.4) is 0 Å². The Morgan fingerprint density at radius 2 is 2.08 bits per heavy atom. The largest absolute Gasteiger partial charge is 0.451 e. The van der Waals surface area contributed by atoms with Crippen LogP contribution in [0.4, 0.5) is 0 Å². The Hall–Kier alpha value is -2.40. The highest BCUT2D eigenvalue weighted by atomic mass is 32.1. The summed E-state index contributed by atoms with van der Waals surface area (Å²) < 4.78 is 5.86. The number of aryl methyl sites for hydroxylation is 2. The summed E-state index contributed by atoms with van der Waals surface area (Å²) in [5.74, 6) is 0.308. The van der Waals surface area contributed by atoms with Crippen LogP contribution in [0.2, 0.25) is 0 Å². The molecule has 0 N–H and O–H groups in total. The van der Waals surface area contributed by atoms with Crippen LogP contribution in [0.25, 0.3) is 11.0 Å². The van der Waals surface area contributed by atoms with Gasteiger partial charge in [0.2, 0.25) is 0 Å². The molecule has 3 heterocycles. The van der Waals surface area contributed by atoms with E-state index >= 15 is 0 Å². The molecule has 3 aromatic rings. The molecule has 1 aromatic carbocycles. The van der Waals surface area contributed by atoms with Crippen molar-refractivity contribution < 1.29 is 14.0 Å². The molecule has 5 heteroatoms. The van der Waals surface area contributed by atoms with Gasteiger partial charge in [0, 0.05) is 30.0 Å². The predicted molar refractivity (Wildman–Crippen MR) is 103 cm³/mol. The van der Waals surface area contributed by atoms with Crippen molar-refractivity contribution in [2.45, 2.75) is 26.7 Å². The SMILES string of the molecule is Cc1ccc2oc(C(=O)N3CCC[C@H](C(=O)c4cccs4)C3)c(C)c2c1. The molecular formula is C21H21NO3S. The zero-order valence-corrected chi connectivity index (χ0v) is 15.8. The van der Waals surface area contributed by atoms with Crippen molar-refractivity contribution >= 4 is 34.0 Å². The summed E-state index contributed by atoms with van der Waals surface area (Å²) in [6.07, 6.45) is 1.67. The van der Waals surface area contributed by atoms with Crippen molar-refractivity contribution in [3.63, 3.8) is 0 Å². The van der Waals surface area contributed by atoms with Gasteiger partial charge in [-0.1, -0.05) is 17.7 Å². The number of Topliss-reactive ketones (excluding diaryl/α,β-unsaturated/α-hetero) is 1. The molecule has 26 heavy (non-hydrogen) atoms. The number of hydrogen-bond donors (Lipinski definition) is 0. The number of piperidine rings is 1. The van der Waals surface area contributed by atoms with Crippen LogP contribution in [0, 0.1) is 19.8 Å². The van der Waals surface area contributed by atoms with E-state index in [2.05, 4.69) is 0 Å². The Balaban J connectivity index is 1.58. The van der Waals surface area contributed by atoms with Gasteiger partial charge < -0.3 is 9.32 Å². The molecule has 0 saturated carbocycles. The third-order valence-corrected chi connectivity index (χ3v) is 6.01. The highest BCUT2D eigenvalue weighted by molar-refractivity contribution is 7.12. The van der Waals surface area contributed by atoms with Gasteiger partial charge in [0.25, 0.3) is 5.91 Å². The molecule has 0 bridgehead atoms. The molecule has 134 valence electrons. The average molecular weight is 367 g/mol. The molecule has 1 aliphatic rings. The number of fused-ring (bicyclic) bond motifs is 1. The number of thiophene rings is 1. The molecule has 1 saturated heterocycles. The van der Waals surface area contributed by atoms with Gasteiger partial charge in [-0.25, -0.2) is 0 Å². The van der Waals surface area contributed by atoms with Crippen LogP contribution in [0.15, 0.2) is 40.1 Å². The molecule has 0 aliphatic carbocycles. The molecule has 0 unspecified atom stereocenters. The van der Waals surface area contributed by atoms with Crippen molar-refractivity contribution in [3.05, 3.63) is 57.5 Å². The van der Waals surface area contributed by atoms with Crippen LogP contribution in [-0.4, -0.2) is 29.7 Å². The topological polar surface area (TPSA) is 50.5 Å². The lowest BCUT2D eigenvalue weighted by Crippen LogP contribution is -2.42. The summed E-state index contributed by atoms with van der Waals surface area (Å²) in [7, 11) is 0. The van der Waals surface area contributed by atoms with E-state index in [9.17, 15) is 9.59 Å². The van der Waals surface area contributed by atoms with Gasteiger partial charge in [-0.15, -0.1) is 11.3 Å². The number of carbonyl (C=O) groups excluding carboxylic acids is 2. The summed E-state index contributed by atoms with van der Waals surface area (Å²) >= 11 is 1.47. The summed E-state index contributed by atoms with van der Waals surface area (Å²) in [5, 5.41) is 2.90. The second kappa shape index (κ2) is 6.72. The molecular weight excluding hydrogens is 346 g/mol. The second-order valence-electron chi connectivity index (χ2n) is 6.99. The molecule has 1 aliphatic heterocycles. The number of benzene rings is 1. The summed E-state index contributed by atoms with van der Waals surface area (Å²) in [5.41, 5.74) is 2.75. The monoisotopic (exact) mass is 367 g/mol. The van der Waals surface area contributed by atoms with Gasteiger partial charge in [0.1, 0.15) is 5.58 Å². The van der Waals surface area contributed by atoms with Crippen LogP contribution >= 0.6 is 11.3 Å². The minimum Gasteiger partial charge on any atom is -0.451 e. The van der Waals surface area contributed by atoms with Crippen LogP contribution in [0.1, 0.15) is 44.2 Å². The Bertz CT molecular complexity index is 971. The Morgan fingerprint density at radius 3 is 2.85 bits per heavy atom. The fraction of sp³-hybridized carbons (Fsp3) is 0.333. The van der Waals surface area contributed by atoms with Gasteiger partial charge in [-0.3, -0.25) is 9.59 Å². The molecule has 0 spiro atoms. The molecule has 1 amide bonds. The lowest BCUT2D eigenvalue weighted by atomic mass is 9.92. The standard InChI is InChI=1S/C21H21NO3S/c1-13-7-8-17-16(11-13)14(2)20(25-17)21(24)22-9-3-5-15(12-22)19(23)18-6-4-10-26-18/h4,6-8,10-11,15H,3,5,9,12H2,1-2H3/t15-/m0/s1. The normalized spacial score (nSPS) is 17.6. The molecule has 1 fully saturated rings. The minimum absolute atomic E-state index is 0.111. The van der Waals surface area contributed by atoms with E-state index < -0.39 is 0 Å². The fourth-order valence-electron chi connectivity index (χ4n) is 3.68. The van der Waals surface area contributed by atoms with Gasteiger partial charge in [0.05, 0.1) is 4.88 Å². The van der Waals surface area contributed by atoms with E-state index in [0.717, 1.165) is 39.8 Å². The van der Waals surface area contributed by atoms with Crippen LogP contribution in [-0.2, 0) is 0 Å². The third kappa shape index (κ3) is 2.97. The van der Waals surface area contributed by atoms with Crippen molar-refractivity contribution in [1.29, 1.82) is 0 Å². The van der Waals surface area contributed by atoms with E-state index in [1.54, 1.807) is 4.90 Å². The smallest absolute Gasteiger partial charge is 0.289 e. The van der Waals surface area contributed by atoms with Crippen LogP contribution < -0.4 is 0 Å². The molecule has 0 radical (unpaired) electrons. The highest BCUT2D eigenvalue weighted by Crippen LogP contribution is 2.29. The van der Waals surface area contributed by atoms with E-state index in [-0.39, 0.29) is 17.6 Å². The quantitative estimate of drug-likeness (QED) is 0.622. The zero-order valence-electron chi connectivity index (χ0n) is 15.0. The second-order valence-corrected chi connectivity index (χ2v) is 7.94. The van der Waals surface area contributed by atoms with Crippen molar-refractivity contribution in [2.75, 3.05) is 13.1 Å². The fourth-order valence-corrected chi connectivity index (χ4v) is 4.42. The number of nitrogens with zero attached hydrogens (tertiary/aromatic N) is 1. The van der Waals surface area contributed by atoms with E-state index in [1.165, 1.54) is 11.3 Å². The number of rotatable bonds is 3. The first-order chi connectivity index (χ1) is 12.5. The molecule has 2 aromatic heterocycles. The Kier molecular flexibility index (Phi) is 4.41. The maximum Gasteiger partial charge on any atom is 0.289 e. The number of amides is 1. The van der Waals surface area contributed by atoms with Gasteiger partial charge >= 0.3 is 0 Å². The van der Waals surface area contributed by atoms with E-state index in [1.807, 2.05) is 49.6 Å². The maximum absolute atomic E-state index is 13.1. The average Bonchev–Trinajstić information content (AvgIpc) is 3.30. The molecule has 4 nitrogen and oxygen atoms in total. The summed E-state index contributed by atoms with van der Waals surface area (Å²) in [4.78, 5) is 28.3. The molecule has 1 atom stereocenters. The highest BCUT2D eigenvalue weighted by Gasteiger charge is 2.32. The van der Waals surface area contributed by atoms with Gasteiger partial charge in [-0.2, -0.15) is 0 Å². The van der Waals surface area contributed by atoms with E-state index in [4.69, 9.17) is 4.42 Å². The third-order valence-electron chi connectivity index (χ3n) is 5.13. The Morgan fingerprint density at radius 1 is 1.23 bits per heavy atom. The maximum atomic E-state index is 13.1. The van der Waals surface area contributed by atoms with Crippen molar-refractivity contribution in [2.24, 2.45) is 5.92 Å². The van der Waals surface area contributed by atoms with Crippen molar-refractivity contribution in [1.82, 2.24) is 4.90 Å².